The number of aliphatic hydroxyl groups excluding tert-OH is 1. The van der Waals surface area contributed by atoms with Gasteiger partial charge in [0.2, 0.25) is 0 Å². The van der Waals surface area contributed by atoms with Gasteiger partial charge in [0.15, 0.2) is 0 Å². The molecule has 5 heteroatoms. The molecular weight excluding hydrogens is 244 g/mol. The third-order valence-corrected chi connectivity index (χ3v) is 2.70. The van der Waals surface area contributed by atoms with Crippen molar-refractivity contribution in [2.24, 2.45) is 0 Å². The highest BCUT2D eigenvalue weighted by Gasteiger charge is 2.06. The van der Waals surface area contributed by atoms with Crippen LogP contribution in [0.4, 0.5) is 4.79 Å². The summed E-state index contributed by atoms with van der Waals surface area (Å²) in [5.74, 6) is 0. The number of benzene rings is 1. The maximum atomic E-state index is 11.6. The summed E-state index contributed by atoms with van der Waals surface area (Å²) in [7, 11) is 1.65. The first kappa shape index (κ1) is 15.5. The molecule has 0 aliphatic carbocycles. The number of methoxy groups -OCH3 is 1. The van der Waals surface area contributed by atoms with E-state index in [1.165, 1.54) is 0 Å². The number of carbonyl (C=O) groups is 1. The number of hydrogen-bond donors (Lipinski definition) is 3. The number of urea groups is 1. The van der Waals surface area contributed by atoms with Crippen molar-refractivity contribution >= 4 is 6.03 Å². The minimum absolute atomic E-state index is 0.0372. The van der Waals surface area contributed by atoms with Crippen LogP contribution in [0.2, 0.25) is 0 Å². The highest BCUT2D eigenvalue weighted by molar-refractivity contribution is 5.74. The van der Waals surface area contributed by atoms with Gasteiger partial charge < -0.3 is 20.5 Å². The Balaban J connectivity index is 2.39. The lowest BCUT2D eigenvalue weighted by Gasteiger charge is -2.13. The zero-order valence-corrected chi connectivity index (χ0v) is 11.5. The summed E-state index contributed by atoms with van der Waals surface area (Å²) in [6.45, 7) is 2.96. The fraction of sp³-hybridized carbons (Fsp3) is 0.500. The summed E-state index contributed by atoms with van der Waals surface area (Å²) in [6.07, 6.45) is 0.552. The molecule has 1 aromatic carbocycles. The van der Waals surface area contributed by atoms with Crippen molar-refractivity contribution in [2.45, 2.75) is 32.5 Å². The fourth-order valence-corrected chi connectivity index (χ4v) is 1.72. The number of hydrogen-bond acceptors (Lipinski definition) is 3. The van der Waals surface area contributed by atoms with Crippen molar-refractivity contribution in [3.05, 3.63) is 35.4 Å². The number of amides is 2. The van der Waals surface area contributed by atoms with Crippen molar-refractivity contribution in [1.82, 2.24) is 10.6 Å². The van der Waals surface area contributed by atoms with E-state index in [0.717, 1.165) is 11.1 Å². The average molecular weight is 266 g/mol. The van der Waals surface area contributed by atoms with Crippen LogP contribution < -0.4 is 10.6 Å². The van der Waals surface area contributed by atoms with Gasteiger partial charge >= 0.3 is 6.03 Å². The Morgan fingerprint density at radius 1 is 1.42 bits per heavy atom. The monoisotopic (exact) mass is 266 g/mol. The third kappa shape index (κ3) is 6.22. The molecule has 0 spiro atoms. The molecule has 0 radical (unpaired) electrons. The highest BCUT2D eigenvalue weighted by atomic mass is 16.5. The molecule has 0 unspecified atom stereocenters. The standard InChI is InChI=1S/C14H22N2O3/c1-11(6-7-17)16-14(18)15-9-12-4-3-5-13(8-12)10-19-2/h3-5,8,11,17H,6-7,9-10H2,1-2H3,(H2,15,16,18)/t11-/m1/s1. The number of ether oxygens (including phenoxy) is 1. The summed E-state index contributed by atoms with van der Waals surface area (Å²) in [4.78, 5) is 11.6. The molecule has 3 N–H and O–H groups in total. The second kappa shape index (κ2) is 8.50. The first-order chi connectivity index (χ1) is 9.15. The van der Waals surface area contributed by atoms with Crippen LogP contribution in [0.3, 0.4) is 0 Å². The predicted molar refractivity (Wildman–Crippen MR) is 73.7 cm³/mol. The van der Waals surface area contributed by atoms with Crippen molar-refractivity contribution in [3.63, 3.8) is 0 Å². The van der Waals surface area contributed by atoms with Gasteiger partial charge in [-0.3, -0.25) is 0 Å². The molecule has 1 aromatic rings. The summed E-state index contributed by atoms with van der Waals surface area (Å²) >= 11 is 0. The zero-order chi connectivity index (χ0) is 14.1. The normalized spacial score (nSPS) is 11.9. The van der Waals surface area contributed by atoms with Crippen LogP contribution in [0, 0.1) is 0 Å². The first-order valence-electron chi connectivity index (χ1n) is 6.37. The molecule has 1 atom stereocenters. The summed E-state index contributed by atoms with van der Waals surface area (Å²) < 4.78 is 5.06. The molecule has 5 nitrogen and oxygen atoms in total. The van der Waals surface area contributed by atoms with Crippen LogP contribution >= 0.6 is 0 Å². The lowest BCUT2D eigenvalue weighted by molar-refractivity contribution is 0.185. The molecule has 0 saturated carbocycles. The molecule has 19 heavy (non-hydrogen) atoms. The third-order valence-electron chi connectivity index (χ3n) is 2.70. The van der Waals surface area contributed by atoms with Crippen LogP contribution in [0.1, 0.15) is 24.5 Å². The molecule has 0 aliphatic heterocycles. The topological polar surface area (TPSA) is 70.6 Å². The zero-order valence-electron chi connectivity index (χ0n) is 11.5. The van der Waals surface area contributed by atoms with Gasteiger partial charge in [0, 0.05) is 26.3 Å². The van der Waals surface area contributed by atoms with E-state index in [1.807, 2.05) is 31.2 Å². The Labute approximate surface area is 114 Å². The quantitative estimate of drug-likeness (QED) is 0.698. The second-order valence-corrected chi connectivity index (χ2v) is 4.49. The lowest BCUT2D eigenvalue weighted by Crippen LogP contribution is -2.40. The van der Waals surface area contributed by atoms with E-state index in [0.29, 0.717) is 19.6 Å². The maximum Gasteiger partial charge on any atom is 0.315 e. The molecule has 0 saturated heterocycles. The summed E-state index contributed by atoms with van der Waals surface area (Å²) in [5.41, 5.74) is 2.11. The largest absolute Gasteiger partial charge is 0.396 e. The summed E-state index contributed by atoms with van der Waals surface area (Å²) in [6, 6.07) is 7.62. The molecule has 0 aromatic heterocycles. The van der Waals surface area contributed by atoms with Gasteiger partial charge in [-0.1, -0.05) is 24.3 Å². The smallest absolute Gasteiger partial charge is 0.315 e. The van der Waals surface area contributed by atoms with Crippen LogP contribution in [-0.4, -0.2) is 30.9 Å². The molecule has 0 heterocycles. The van der Waals surface area contributed by atoms with Gasteiger partial charge in [-0.05, 0) is 24.5 Å². The SMILES string of the molecule is COCc1cccc(CNC(=O)N[C@H](C)CCO)c1. The fourth-order valence-electron chi connectivity index (χ4n) is 1.72. The van der Waals surface area contributed by atoms with Gasteiger partial charge in [0.05, 0.1) is 6.61 Å². The van der Waals surface area contributed by atoms with E-state index < -0.39 is 0 Å². The van der Waals surface area contributed by atoms with Crippen molar-refractivity contribution < 1.29 is 14.6 Å². The second-order valence-electron chi connectivity index (χ2n) is 4.49. The van der Waals surface area contributed by atoms with E-state index in [2.05, 4.69) is 10.6 Å². The molecular formula is C14H22N2O3. The summed E-state index contributed by atoms with van der Waals surface area (Å²) in [5, 5.41) is 14.3. The Morgan fingerprint density at radius 3 is 2.84 bits per heavy atom. The van der Waals surface area contributed by atoms with Gasteiger partial charge in [-0.2, -0.15) is 0 Å². The van der Waals surface area contributed by atoms with Gasteiger partial charge in [0.1, 0.15) is 0 Å². The Morgan fingerprint density at radius 2 is 2.16 bits per heavy atom. The van der Waals surface area contributed by atoms with Gasteiger partial charge in [-0.15, -0.1) is 0 Å². The number of rotatable bonds is 7. The molecule has 0 aliphatic rings. The average Bonchev–Trinajstić information content (AvgIpc) is 2.37. The van der Waals surface area contributed by atoms with Gasteiger partial charge in [-0.25, -0.2) is 4.79 Å². The van der Waals surface area contributed by atoms with Crippen molar-refractivity contribution in [3.8, 4) is 0 Å². The Kier molecular flexibility index (Phi) is 6.92. The van der Waals surface area contributed by atoms with Crippen LogP contribution in [0.5, 0.6) is 0 Å². The molecule has 0 bridgehead atoms. The molecule has 0 fully saturated rings. The van der Waals surface area contributed by atoms with Crippen molar-refractivity contribution in [1.29, 1.82) is 0 Å². The lowest BCUT2D eigenvalue weighted by atomic mass is 10.1. The van der Waals surface area contributed by atoms with Crippen LogP contribution in [0.25, 0.3) is 0 Å². The Bertz CT molecular complexity index is 396. The van der Waals surface area contributed by atoms with E-state index in [1.54, 1.807) is 7.11 Å². The Hall–Kier alpha value is -1.59. The molecule has 106 valence electrons. The van der Waals surface area contributed by atoms with E-state index >= 15 is 0 Å². The van der Waals surface area contributed by atoms with Crippen LogP contribution in [-0.2, 0) is 17.9 Å². The number of aliphatic hydroxyl groups is 1. The molecule has 1 rings (SSSR count). The number of carbonyl (C=O) groups excluding carboxylic acids is 1. The maximum absolute atomic E-state index is 11.6. The van der Waals surface area contributed by atoms with Crippen molar-refractivity contribution in [2.75, 3.05) is 13.7 Å². The minimum Gasteiger partial charge on any atom is -0.396 e. The molecule has 2 amide bonds. The highest BCUT2D eigenvalue weighted by Crippen LogP contribution is 2.06. The first-order valence-corrected chi connectivity index (χ1v) is 6.37. The van der Waals surface area contributed by atoms with E-state index in [-0.39, 0.29) is 18.7 Å². The van der Waals surface area contributed by atoms with E-state index in [4.69, 9.17) is 9.84 Å². The predicted octanol–water partition coefficient (Wildman–Crippen LogP) is 1.40. The number of nitrogens with one attached hydrogen (secondary N) is 2. The van der Waals surface area contributed by atoms with Gasteiger partial charge in [0.25, 0.3) is 0 Å². The minimum atomic E-state index is -0.224. The van der Waals surface area contributed by atoms with Crippen LogP contribution in [0.15, 0.2) is 24.3 Å². The van der Waals surface area contributed by atoms with E-state index in [9.17, 15) is 4.79 Å².